The van der Waals surface area contributed by atoms with Gasteiger partial charge in [0.05, 0.1) is 38.6 Å². The molecule has 3 heteroatoms. The molecule has 0 amide bonds. The molecular weight excluding hydrogens is 1050 g/mol. The largest absolute Gasteiger partial charge is 0.310 e. The minimum Gasteiger partial charge on any atom is -0.310 e. The van der Waals surface area contributed by atoms with E-state index in [4.69, 9.17) is 0 Å². The van der Waals surface area contributed by atoms with Gasteiger partial charge in [-0.25, -0.2) is 0 Å². The maximum atomic E-state index is 2.55. The average molecular weight is 1100 g/mol. The molecule has 3 nitrogen and oxygen atoms in total. The summed E-state index contributed by atoms with van der Waals surface area (Å²) >= 11 is 0. The van der Waals surface area contributed by atoms with Crippen LogP contribution >= 0.6 is 0 Å². The van der Waals surface area contributed by atoms with Crippen molar-refractivity contribution in [2.45, 2.75) is 10.8 Å². The van der Waals surface area contributed by atoms with E-state index < -0.39 is 10.8 Å². The molecule has 14 aromatic carbocycles. The molecule has 402 valence electrons. The zero-order valence-corrected chi connectivity index (χ0v) is 47.3. The lowest BCUT2D eigenvalue weighted by molar-refractivity contribution is 0.748. The van der Waals surface area contributed by atoms with Gasteiger partial charge in [-0.3, -0.25) is 0 Å². The van der Waals surface area contributed by atoms with Crippen LogP contribution in [0.5, 0.6) is 0 Å². The number of fused-ring (bicyclic) bond motifs is 27. The summed E-state index contributed by atoms with van der Waals surface area (Å²) in [6.45, 7) is 0. The highest BCUT2D eigenvalue weighted by molar-refractivity contribution is 6.14. The van der Waals surface area contributed by atoms with Crippen LogP contribution in [0.2, 0.25) is 0 Å². The van der Waals surface area contributed by atoms with Crippen molar-refractivity contribution < 1.29 is 0 Å². The molecule has 16 aromatic rings. The van der Waals surface area contributed by atoms with Crippen LogP contribution in [0.15, 0.2) is 309 Å². The molecule has 4 aliphatic rings. The van der Waals surface area contributed by atoms with E-state index in [0.717, 1.165) is 28.3 Å². The SMILES string of the molecule is c1ccc(-n2c3ccccc3c3ccc(-c4ccc(N(c5ccc6c(c5)C5(c7ccccc7-6)c6ccccc6-c6c5ccc5ccccc65)c5ccc6c(c5)C5(c7ccccc7-6)c6ccccc6-n6c7ccccc7c7cccc5c76)cc4)cc32)cc1. The fraction of sp³-hybridized carbons (Fsp3) is 0.0238. The van der Waals surface area contributed by atoms with Gasteiger partial charge in [-0.05, 0) is 173 Å². The van der Waals surface area contributed by atoms with Crippen molar-refractivity contribution in [3.8, 4) is 55.9 Å². The van der Waals surface area contributed by atoms with Crippen LogP contribution in [0.3, 0.4) is 0 Å². The number of anilines is 3. The first-order valence-corrected chi connectivity index (χ1v) is 30.4. The van der Waals surface area contributed by atoms with Crippen molar-refractivity contribution in [2.75, 3.05) is 4.90 Å². The summed E-state index contributed by atoms with van der Waals surface area (Å²) in [5.74, 6) is 0. The van der Waals surface area contributed by atoms with Gasteiger partial charge < -0.3 is 14.0 Å². The number of hydrogen-bond acceptors (Lipinski definition) is 1. The maximum absolute atomic E-state index is 2.55. The maximum Gasteiger partial charge on any atom is 0.0755 e. The summed E-state index contributed by atoms with van der Waals surface area (Å²) in [7, 11) is 0. The van der Waals surface area contributed by atoms with Crippen molar-refractivity contribution in [2.24, 2.45) is 0 Å². The lowest BCUT2D eigenvalue weighted by Gasteiger charge is -2.40. The molecule has 87 heavy (non-hydrogen) atoms. The van der Waals surface area contributed by atoms with Gasteiger partial charge in [-0.15, -0.1) is 0 Å². The van der Waals surface area contributed by atoms with Crippen LogP contribution in [0.25, 0.3) is 110 Å². The fourth-order valence-electron chi connectivity index (χ4n) is 17.0. The van der Waals surface area contributed by atoms with Crippen LogP contribution in [0.4, 0.5) is 17.1 Å². The Morgan fingerprint density at radius 3 is 1.46 bits per heavy atom. The molecule has 2 atom stereocenters. The van der Waals surface area contributed by atoms with Crippen molar-refractivity contribution >= 4 is 71.4 Å². The fourth-order valence-corrected chi connectivity index (χ4v) is 17.0. The van der Waals surface area contributed by atoms with Crippen LogP contribution in [-0.4, -0.2) is 9.13 Å². The number of aromatic nitrogens is 2. The number of para-hydroxylation sites is 5. The third-order valence-corrected chi connectivity index (χ3v) is 20.3. The highest BCUT2D eigenvalue weighted by Crippen LogP contribution is 2.66. The Balaban J connectivity index is 0.836. The predicted molar refractivity (Wildman–Crippen MR) is 360 cm³/mol. The van der Waals surface area contributed by atoms with Gasteiger partial charge in [-0.1, -0.05) is 237 Å². The molecule has 0 saturated carbocycles. The van der Waals surface area contributed by atoms with E-state index >= 15 is 0 Å². The lowest BCUT2D eigenvalue weighted by atomic mass is 9.65. The number of benzene rings is 14. The Morgan fingerprint density at radius 1 is 0.253 bits per heavy atom. The van der Waals surface area contributed by atoms with Crippen molar-refractivity contribution in [1.29, 1.82) is 0 Å². The highest BCUT2D eigenvalue weighted by atomic mass is 15.1. The number of hydrogen-bond donors (Lipinski definition) is 0. The molecule has 2 spiro atoms. The molecule has 0 bridgehead atoms. The molecule has 0 N–H and O–H groups in total. The zero-order valence-electron chi connectivity index (χ0n) is 47.3. The Hall–Kier alpha value is -11.3. The quantitative estimate of drug-likeness (QED) is 0.167. The summed E-state index contributed by atoms with van der Waals surface area (Å²) in [5, 5.41) is 7.59. The van der Waals surface area contributed by atoms with Gasteiger partial charge in [0.1, 0.15) is 0 Å². The predicted octanol–water partition coefficient (Wildman–Crippen LogP) is 21.2. The molecule has 0 fully saturated rings. The molecule has 0 saturated heterocycles. The van der Waals surface area contributed by atoms with E-state index in [1.807, 2.05) is 0 Å². The molecule has 1 aliphatic heterocycles. The van der Waals surface area contributed by atoms with E-state index in [2.05, 4.69) is 323 Å². The van der Waals surface area contributed by atoms with Gasteiger partial charge in [0, 0.05) is 44.3 Å². The van der Waals surface area contributed by atoms with Crippen molar-refractivity contribution in [1.82, 2.24) is 9.13 Å². The second-order valence-electron chi connectivity index (χ2n) is 24.2. The van der Waals surface area contributed by atoms with Gasteiger partial charge in [0.15, 0.2) is 0 Å². The van der Waals surface area contributed by atoms with E-state index in [-0.39, 0.29) is 0 Å². The monoisotopic (exact) mass is 1100 g/mol. The first-order chi connectivity index (χ1) is 43.2. The molecule has 2 unspecified atom stereocenters. The zero-order chi connectivity index (χ0) is 56.7. The Bertz CT molecular complexity index is 5660. The Kier molecular flexibility index (Phi) is 9.32. The first-order valence-electron chi connectivity index (χ1n) is 30.4. The van der Waals surface area contributed by atoms with Crippen molar-refractivity contribution in [3.63, 3.8) is 0 Å². The lowest BCUT2D eigenvalue weighted by Crippen LogP contribution is -2.33. The summed E-state index contributed by atoms with van der Waals surface area (Å²) in [6.07, 6.45) is 0. The van der Waals surface area contributed by atoms with E-state index in [9.17, 15) is 0 Å². The van der Waals surface area contributed by atoms with Crippen LogP contribution in [0, 0.1) is 0 Å². The highest BCUT2D eigenvalue weighted by Gasteiger charge is 2.53. The molecule has 20 rings (SSSR count). The van der Waals surface area contributed by atoms with Crippen molar-refractivity contribution in [3.05, 3.63) is 354 Å². The number of nitrogens with zero attached hydrogens (tertiary/aromatic N) is 3. The molecule has 2 aromatic heterocycles. The average Bonchev–Trinajstić information content (AvgIpc) is 1.55. The second kappa shape index (κ2) is 17.2. The second-order valence-corrected chi connectivity index (χ2v) is 24.2. The molecule has 3 aliphatic carbocycles. The molecular formula is C84H51N3. The topological polar surface area (TPSA) is 13.1 Å². The normalized spacial score (nSPS) is 16.1. The van der Waals surface area contributed by atoms with Crippen LogP contribution < -0.4 is 4.90 Å². The van der Waals surface area contributed by atoms with E-state index in [1.54, 1.807) is 0 Å². The summed E-state index contributed by atoms with van der Waals surface area (Å²) in [4.78, 5) is 2.54. The van der Waals surface area contributed by atoms with Crippen LogP contribution in [0.1, 0.15) is 44.5 Å². The standard InChI is InChI=1S/C84H51N3/c1-2-20-55(21-3-1)86-77-34-15-9-25-64(77)66-45-39-54(49-80(66)86)52-37-41-56(42-38-52)85(57-43-46-62-60-23-6-11-29-69(60)83(75(62)50-57)71-31-13-8-27-68(71)81-59-22-5-4-19-53(59)40-48-73(81)83)58-44-47-63-61-24-7-12-30-70(61)84(76(63)51-58)72-32-14-17-36-79(72)87-78-35-16-10-26-65(78)67-28-18-33-74(84)82(67)87/h1-51H. The van der Waals surface area contributed by atoms with E-state index in [0.29, 0.717) is 0 Å². The van der Waals surface area contributed by atoms with Crippen LogP contribution in [-0.2, 0) is 10.8 Å². The van der Waals surface area contributed by atoms with Gasteiger partial charge in [0.2, 0.25) is 0 Å². The summed E-state index contributed by atoms with van der Waals surface area (Å²) in [5.41, 5.74) is 29.9. The van der Waals surface area contributed by atoms with Gasteiger partial charge in [-0.2, -0.15) is 0 Å². The van der Waals surface area contributed by atoms with E-state index in [1.165, 1.54) is 144 Å². The summed E-state index contributed by atoms with van der Waals surface area (Å²) in [6, 6.07) is 117. The molecule has 3 heterocycles. The van der Waals surface area contributed by atoms with Gasteiger partial charge in [0.25, 0.3) is 0 Å². The minimum absolute atomic E-state index is 0.555. The third-order valence-electron chi connectivity index (χ3n) is 20.3. The number of rotatable bonds is 5. The molecule has 0 radical (unpaired) electrons. The van der Waals surface area contributed by atoms with Gasteiger partial charge >= 0.3 is 0 Å². The summed E-state index contributed by atoms with van der Waals surface area (Å²) < 4.78 is 4.95. The Morgan fingerprint density at radius 2 is 0.747 bits per heavy atom. The first kappa shape index (κ1) is 47.1. The Labute approximate surface area is 503 Å². The minimum atomic E-state index is -0.623. The smallest absolute Gasteiger partial charge is 0.0755 e. The third kappa shape index (κ3) is 5.95.